The molecule has 3 rings (SSSR count). The summed E-state index contributed by atoms with van der Waals surface area (Å²) in [6.07, 6.45) is 1.07. The lowest BCUT2D eigenvalue weighted by atomic mass is 10.2. The number of nitrogens with zero attached hydrogens (tertiary/aromatic N) is 2. The van der Waals surface area contributed by atoms with Crippen LogP contribution in [0.5, 0.6) is 5.75 Å². The largest absolute Gasteiger partial charge is 0.489 e. The van der Waals surface area contributed by atoms with Gasteiger partial charge in [-0.1, -0.05) is 23.9 Å². The van der Waals surface area contributed by atoms with E-state index in [4.69, 9.17) is 17.0 Å². The van der Waals surface area contributed by atoms with E-state index in [0.29, 0.717) is 53.4 Å². The summed E-state index contributed by atoms with van der Waals surface area (Å²) in [4.78, 5) is 33.2. The fourth-order valence-electron chi connectivity index (χ4n) is 3.39. The van der Waals surface area contributed by atoms with Crippen LogP contribution in [0.25, 0.3) is 0 Å². The van der Waals surface area contributed by atoms with Gasteiger partial charge in [-0.2, -0.15) is 0 Å². The van der Waals surface area contributed by atoms with Gasteiger partial charge in [-0.25, -0.2) is 9.97 Å². The van der Waals surface area contributed by atoms with Crippen molar-refractivity contribution in [3.63, 3.8) is 0 Å². The average molecular weight is 553 g/mol. The number of thiocarbonyl (C=S) groups is 1. The number of carbonyl (C=O) groups excluding carboxylic acids is 2. The monoisotopic (exact) mass is 552 g/mol. The van der Waals surface area contributed by atoms with E-state index in [-0.39, 0.29) is 17.6 Å². The molecule has 0 fully saturated rings. The summed E-state index contributed by atoms with van der Waals surface area (Å²) in [6, 6.07) is 16.6. The molecule has 0 aliphatic heterocycles. The molecule has 1 heterocycles. The Bertz CT molecular complexity index is 1230. The fraction of sp³-hybridized carbons (Fsp3) is 0.296. The molecule has 0 unspecified atom stereocenters. The summed E-state index contributed by atoms with van der Waals surface area (Å²) >= 11 is 6.31. The number of hydrogen-bond donors (Lipinski definition) is 4. The molecule has 4 N–H and O–H groups in total. The number of benzene rings is 2. The van der Waals surface area contributed by atoms with Crippen molar-refractivity contribution in [3.05, 3.63) is 71.5 Å². The van der Waals surface area contributed by atoms with Crippen LogP contribution in [0.3, 0.4) is 0 Å². The van der Waals surface area contributed by atoms with Gasteiger partial charge >= 0.3 is 0 Å². The van der Waals surface area contributed by atoms with E-state index < -0.39 is 0 Å². The molecule has 2 amide bonds. The van der Waals surface area contributed by atoms with Gasteiger partial charge in [0.15, 0.2) is 10.3 Å². The van der Waals surface area contributed by atoms with E-state index in [1.165, 1.54) is 11.8 Å². The second kappa shape index (κ2) is 14.9. The first-order chi connectivity index (χ1) is 18.3. The molecule has 0 atom stereocenters. The molecule has 0 saturated heterocycles. The number of anilines is 2. The Labute approximate surface area is 232 Å². The van der Waals surface area contributed by atoms with Crippen LogP contribution >= 0.6 is 24.0 Å². The molecule has 3 aromatic rings. The maximum Gasteiger partial charge on any atom is 0.234 e. The van der Waals surface area contributed by atoms with Crippen molar-refractivity contribution in [1.29, 1.82) is 0 Å². The van der Waals surface area contributed by atoms with Crippen LogP contribution in [0.4, 0.5) is 11.4 Å². The Kier molecular flexibility index (Phi) is 11.3. The van der Waals surface area contributed by atoms with Crippen LogP contribution in [0, 0.1) is 13.8 Å². The van der Waals surface area contributed by atoms with Crippen LogP contribution in [-0.4, -0.2) is 46.2 Å². The molecule has 0 aliphatic rings. The highest BCUT2D eigenvalue weighted by Gasteiger charge is 2.08. The van der Waals surface area contributed by atoms with Gasteiger partial charge in [0, 0.05) is 42.8 Å². The van der Waals surface area contributed by atoms with E-state index >= 15 is 0 Å². The number of thioether (sulfide) groups is 1. The van der Waals surface area contributed by atoms with E-state index in [9.17, 15) is 9.59 Å². The molecule has 2 aromatic carbocycles. The Hall–Kier alpha value is -3.70. The van der Waals surface area contributed by atoms with Crippen molar-refractivity contribution in [1.82, 2.24) is 20.6 Å². The fourth-order valence-corrected chi connectivity index (χ4v) is 4.24. The second-order valence-corrected chi connectivity index (χ2v) is 9.79. The SMILES string of the molecule is CNC(=S)NCCCC(=O)Nc1ccc(OCc2cccc(NC(=O)CSc3nc(C)cc(C)n3)c2)cc1. The van der Waals surface area contributed by atoms with Gasteiger partial charge in [0.25, 0.3) is 0 Å². The van der Waals surface area contributed by atoms with E-state index in [0.717, 1.165) is 17.0 Å². The predicted molar refractivity (Wildman–Crippen MR) is 156 cm³/mol. The summed E-state index contributed by atoms with van der Waals surface area (Å²) in [7, 11) is 1.75. The smallest absolute Gasteiger partial charge is 0.234 e. The van der Waals surface area contributed by atoms with E-state index in [2.05, 4.69) is 31.2 Å². The van der Waals surface area contributed by atoms with Gasteiger partial charge in [-0.15, -0.1) is 0 Å². The van der Waals surface area contributed by atoms with Crippen molar-refractivity contribution in [3.8, 4) is 5.75 Å². The summed E-state index contributed by atoms with van der Waals surface area (Å²) in [5.41, 5.74) is 4.07. The third-order valence-corrected chi connectivity index (χ3v) is 6.34. The Morgan fingerprint density at radius 2 is 1.66 bits per heavy atom. The van der Waals surface area contributed by atoms with Gasteiger partial charge in [-0.05, 0) is 80.5 Å². The highest BCUT2D eigenvalue weighted by atomic mass is 32.2. The number of carbonyl (C=O) groups is 2. The number of nitrogens with one attached hydrogen (secondary N) is 4. The van der Waals surface area contributed by atoms with Crippen molar-refractivity contribution >= 4 is 52.3 Å². The van der Waals surface area contributed by atoms with Crippen molar-refractivity contribution < 1.29 is 14.3 Å². The zero-order valence-corrected chi connectivity index (χ0v) is 23.3. The van der Waals surface area contributed by atoms with Crippen LogP contribution in [-0.2, 0) is 16.2 Å². The minimum Gasteiger partial charge on any atom is -0.489 e. The number of hydrogen-bond acceptors (Lipinski definition) is 7. The first kappa shape index (κ1) is 28.9. The van der Waals surface area contributed by atoms with Gasteiger partial charge in [0.2, 0.25) is 11.8 Å². The lowest BCUT2D eigenvalue weighted by molar-refractivity contribution is -0.116. The minimum absolute atomic E-state index is 0.0605. The van der Waals surface area contributed by atoms with Crippen molar-refractivity contribution in [2.24, 2.45) is 0 Å². The summed E-state index contributed by atoms with van der Waals surface area (Å²) < 4.78 is 5.88. The lowest BCUT2D eigenvalue weighted by Crippen LogP contribution is -2.33. The Morgan fingerprint density at radius 3 is 2.37 bits per heavy atom. The highest BCUT2D eigenvalue weighted by Crippen LogP contribution is 2.19. The van der Waals surface area contributed by atoms with Gasteiger partial charge in [0.05, 0.1) is 5.75 Å². The normalized spacial score (nSPS) is 10.4. The Balaban J connectivity index is 1.41. The molecule has 0 aliphatic carbocycles. The summed E-state index contributed by atoms with van der Waals surface area (Å²) in [6.45, 7) is 4.78. The van der Waals surface area contributed by atoms with Crippen molar-refractivity contribution in [2.45, 2.75) is 38.5 Å². The first-order valence-corrected chi connectivity index (χ1v) is 13.5. The number of aromatic nitrogens is 2. The van der Waals surface area contributed by atoms with Crippen LogP contribution in [0.15, 0.2) is 59.8 Å². The van der Waals surface area contributed by atoms with Gasteiger partial charge in [0.1, 0.15) is 12.4 Å². The first-order valence-electron chi connectivity index (χ1n) is 12.1. The molecule has 11 heteroatoms. The van der Waals surface area contributed by atoms with E-state index in [1.807, 2.05) is 44.2 Å². The zero-order chi connectivity index (χ0) is 27.3. The number of ether oxygens (including phenoxy) is 1. The topological polar surface area (TPSA) is 117 Å². The predicted octanol–water partition coefficient (Wildman–Crippen LogP) is 4.22. The molecular formula is C27H32N6O3S2. The van der Waals surface area contributed by atoms with Gasteiger partial charge in [-0.3, -0.25) is 9.59 Å². The third-order valence-electron chi connectivity index (χ3n) is 5.14. The molecule has 0 radical (unpaired) electrons. The molecule has 0 saturated carbocycles. The van der Waals surface area contributed by atoms with Crippen LogP contribution in [0.2, 0.25) is 0 Å². The number of rotatable bonds is 12. The van der Waals surface area contributed by atoms with Gasteiger partial charge < -0.3 is 26.0 Å². The molecule has 1 aromatic heterocycles. The number of amides is 2. The molecule has 0 spiro atoms. The minimum atomic E-state index is -0.133. The Morgan fingerprint density at radius 1 is 0.947 bits per heavy atom. The maximum atomic E-state index is 12.4. The third kappa shape index (κ3) is 10.3. The van der Waals surface area contributed by atoms with E-state index in [1.54, 1.807) is 31.3 Å². The quantitative estimate of drug-likeness (QED) is 0.113. The zero-order valence-electron chi connectivity index (χ0n) is 21.7. The average Bonchev–Trinajstić information content (AvgIpc) is 2.89. The number of aryl methyl sites for hydroxylation is 2. The standard InChI is InChI=1S/C27H32N6O3S2/c1-18-14-19(2)31-27(30-18)38-17-25(35)33-22-7-4-6-20(15-22)16-36-23-11-9-21(10-12-23)32-24(34)8-5-13-29-26(37)28-3/h4,6-7,9-12,14-15H,5,8,13,16-17H2,1-3H3,(H,32,34)(H,33,35)(H2,28,29,37). The lowest BCUT2D eigenvalue weighted by Gasteiger charge is -2.10. The maximum absolute atomic E-state index is 12.4. The molecule has 9 nitrogen and oxygen atoms in total. The molecule has 38 heavy (non-hydrogen) atoms. The van der Waals surface area contributed by atoms with Crippen molar-refractivity contribution in [2.75, 3.05) is 30.0 Å². The second-order valence-electron chi connectivity index (χ2n) is 8.44. The molecular weight excluding hydrogens is 520 g/mol. The summed E-state index contributed by atoms with van der Waals surface area (Å²) in [5, 5.41) is 12.8. The summed E-state index contributed by atoms with van der Waals surface area (Å²) in [5.74, 6) is 0.696. The molecule has 0 bridgehead atoms. The van der Waals surface area contributed by atoms with Crippen LogP contribution in [0.1, 0.15) is 29.8 Å². The highest BCUT2D eigenvalue weighted by molar-refractivity contribution is 7.99. The van der Waals surface area contributed by atoms with Crippen LogP contribution < -0.4 is 26.0 Å². The molecule has 200 valence electrons.